The molecule has 1 saturated carbocycles. The van der Waals surface area contributed by atoms with Crippen molar-refractivity contribution < 1.29 is 19.5 Å². The second-order valence-electron chi connectivity index (χ2n) is 5.64. The average Bonchev–Trinajstić information content (AvgIpc) is 3.00. The van der Waals surface area contributed by atoms with E-state index >= 15 is 0 Å². The van der Waals surface area contributed by atoms with Crippen LogP contribution in [-0.2, 0) is 14.4 Å². The second-order valence-corrected chi connectivity index (χ2v) is 6.56. The van der Waals surface area contributed by atoms with Crippen LogP contribution in [-0.4, -0.2) is 29.4 Å². The molecular formula is C16H19BrN2O4. The predicted octanol–water partition coefficient (Wildman–Crippen LogP) is 2.39. The minimum Gasteiger partial charge on any atom is -0.481 e. The fourth-order valence-corrected chi connectivity index (χ4v) is 2.91. The number of benzene rings is 1. The summed E-state index contributed by atoms with van der Waals surface area (Å²) >= 11 is 3.32. The number of hydrogen-bond donors (Lipinski definition) is 3. The van der Waals surface area contributed by atoms with Crippen LogP contribution >= 0.6 is 15.9 Å². The van der Waals surface area contributed by atoms with Gasteiger partial charge in [0, 0.05) is 29.0 Å². The van der Waals surface area contributed by atoms with Gasteiger partial charge in [-0.05, 0) is 43.5 Å². The Balaban J connectivity index is 1.68. The van der Waals surface area contributed by atoms with Crippen LogP contribution in [0.4, 0.5) is 5.69 Å². The zero-order chi connectivity index (χ0) is 16.8. The molecule has 3 N–H and O–H groups in total. The number of hydrogen-bond acceptors (Lipinski definition) is 3. The second kappa shape index (κ2) is 8.10. The standard InChI is InChI=1S/C16H19BrN2O4/c17-12-3-5-13(6-4-12)19-14(20)7-8-18-15(21)10-1-2-11(9-10)16(22)23/h3-6,10-11H,1-2,7-9H2,(H,18,21)(H,19,20)(H,22,23)/t10-,11+/m0/s1. The molecule has 23 heavy (non-hydrogen) atoms. The van der Waals surface area contributed by atoms with E-state index in [9.17, 15) is 14.4 Å². The highest BCUT2D eigenvalue weighted by Gasteiger charge is 2.33. The van der Waals surface area contributed by atoms with Crippen LogP contribution in [0.5, 0.6) is 0 Å². The van der Waals surface area contributed by atoms with E-state index in [0.717, 1.165) is 4.47 Å². The highest BCUT2D eigenvalue weighted by atomic mass is 79.9. The Kier molecular flexibility index (Phi) is 6.15. The summed E-state index contributed by atoms with van der Waals surface area (Å²) in [4.78, 5) is 34.6. The number of rotatable bonds is 6. The van der Waals surface area contributed by atoms with Gasteiger partial charge in [0.05, 0.1) is 5.92 Å². The number of nitrogens with one attached hydrogen (secondary N) is 2. The Bertz CT molecular complexity index is 588. The first kappa shape index (κ1) is 17.5. The zero-order valence-corrected chi connectivity index (χ0v) is 14.1. The lowest BCUT2D eigenvalue weighted by atomic mass is 10.0. The van der Waals surface area contributed by atoms with Crippen LogP contribution < -0.4 is 10.6 Å². The molecule has 0 spiro atoms. The molecule has 0 bridgehead atoms. The van der Waals surface area contributed by atoms with Gasteiger partial charge in [0.15, 0.2) is 0 Å². The first-order valence-corrected chi connectivity index (χ1v) is 8.31. The smallest absolute Gasteiger partial charge is 0.306 e. The molecule has 0 unspecified atom stereocenters. The third-order valence-corrected chi connectivity index (χ3v) is 4.46. The number of carboxylic acid groups (broad SMARTS) is 1. The molecule has 2 amide bonds. The van der Waals surface area contributed by atoms with E-state index in [2.05, 4.69) is 26.6 Å². The molecule has 1 aliphatic rings. The largest absolute Gasteiger partial charge is 0.481 e. The summed E-state index contributed by atoms with van der Waals surface area (Å²) in [6.07, 6.45) is 1.69. The molecule has 1 aromatic rings. The minimum atomic E-state index is -0.839. The van der Waals surface area contributed by atoms with Crippen LogP contribution in [0, 0.1) is 11.8 Å². The molecule has 6 nitrogen and oxygen atoms in total. The lowest BCUT2D eigenvalue weighted by Gasteiger charge is -2.11. The Morgan fingerprint density at radius 1 is 1.13 bits per heavy atom. The van der Waals surface area contributed by atoms with E-state index in [1.807, 2.05) is 12.1 Å². The highest BCUT2D eigenvalue weighted by Crippen LogP contribution is 2.31. The van der Waals surface area contributed by atoms with Gasteiger partial charge in [0.1, 0.15) is 0 Å². The molecule has 2 rings (SSSR count). The Morgan fingerprint density at radius 3 is 2.39 bits per heavy atom. The molecule has 1 aliphatic carbocycles. The fraction of sp³-hybridized carbons (Fsp3) is 0.438. The molecule has 0 aliphatic heterocycles. The van der Waals surface area contributed by atoms with Gasteiger partial charge in [-0.2, -0.15) is 0 Å². The topological polar surface area (TPSA) is 95.5 Å². The highest BCUT2D eigenvalue weighted by molar-refractivity contribution is 9.10. The Labute approximate surface area is 142 Å². The molecule has 1 fully saturated rings. The van der Waals surface area contributed by atoms with Crippen LogP contribution in [0.25, 0.3) is 0 Å². The Hall–Kier alpha value is -1.89. The third-order valence-electron chi connectivity index (χ3n) is 3.93. The van der Waals surface area contributed by atoms with E-state index < -0.39 is 11.9 Å². The van der Waals surface area contributed by atoms with E-state index in [1.54, 1.807) is 12.1 Å². The lowest BCUT2D eigenvalue weighted by molar-refractivity contribution is -0.141. The van der Waals surface area contributed by atoms with Crippen molar-refractivity contribution in [2.45, 2.75) is 25.7 Å². The van der Waals surface area contributed by atoms with Crippen molar-refractivity contribution in [3.05, 3.63) is 28.7 Å². The van der Waals surface area contributed by atoms with Gasteiger partial charge in [0.25, 0.3) is 0 Å². The molecule has 7 heteroatoms. The number of carbonyl (C=O) groups is 3. The van der Waals surface area contributed by atoms with Crippen molar-refractivity contribution in [3.8, 4) is 0 Å². The fourth-order valence-electron chi connectivity index (χ4n) is 2.64. The van der Waals surface area contributed by atoms with Gasteiger partial charge >= 0.3 is 5.97 Å². The van der Waals surface area contributed by atoms with Crippen LogP contribution in [0.2, 0.25) is 0 Å². The minimum absolute atomic E-state index is 0.162. The van der Waals surface area contributed by atoms with Crippen molar-refractivity contribution in [2.24, 2.45) is 11.8 Å². The summed E-state index contributed by atoms with van der Waals surface area (Å²) in [5, 5.41) is 14.4. The maximum atomic E-state index is 11.9. The van der Waals surface area contributed by atoms with Crippen LogP contribution in [0.15, 0.2) is 28.7 Å². The molecule has 0 heterocycles. The van der Waals surface area contributed by atoms with Crippen molar-refractivity contribution in [1.29, 1.82) is 0 Å². The third kappa shape index (κ3) is 5.35. The van der Waals surface area contributed by atoms with E-state index in [4.69, 9.17) is 5.11 Å². The maximum absolute atomic E-state index is 11.9. The molecule has 0 aromatic heterocycles. The summed E-state index contributed by atoms with van der Waals surface area (Å²) in [6.45, 7) is 0.245. The number of amides is 2. The molecule has 124 valence electrons. The van der Waals surface area contributed by atoms with Crippen molar-refractivity contribution in [1.82, 2.24) is 5.32 Å². The van der Waals surface area contributed by atoms with Crippen LogP contribution in [0.1, 0.15) is 25.7 Å². The maximum Gasteiger partial charge on any atom is 0.306 e. The average molecular weight is 383 g/mol. The van der Waals surface area contributed by atoms with Crippen molar-refractivity contribution >= 4 is 39.4 Å². The van der Waals surface area contributed by atoms with Crippen molar-refractivity contribution in [2.75, 3.05) is 11.9 Å². The summed E-state index contributed by atoms with van der Waals surface area (Å²) in [6, 6.07) is 7.23. The predicted molar refractivity (Wildman–Crippen MR) is 88.9 cm³/mol. The summed E-state index contributed by atoms with van der Waals surface area (Å²) in [5.74, 6) is -1.86. The number of aliphatic carboxylic acids is 1. The number of halogens is 1. The van der Waals surface area contributed by atoms with Gasteiger partial charge in [-0.25, -0.2) is 0 Å². The van der Waals surface area contributed by atoms with Crippen molar-refractivity contribution in [3.63, 3.8) is 0 Å². The van der Waals surface area contributed by atoms with Gasteiger partial charge in [0.2, 0.25) is 11.8 Å². The molecule has 0 saturated heterocycles. The summed E-state index contributed by atoms with van der Waals surface area (Å²) < 4.78 is 0.930. The normalized spacial score (nSPS) is 20.0. The lowest BCUT2D eigenvalue weighted by Crippen LogP contribution is -2.32. The van der Waals surface area contributed by atoms with Gasteiger partial charge in [-0.1, -0.05) is 15.9 Å². The molecule has 0 radical (unpaired) electrons. The van der Waals surface area contributed by atoms with E-state index in [-0.39, 0.29) is 30.7 Å². The quantitative estimate of drug-likeness (QED) is 0.703. The first-order valence-electron chi connectivity index (χ1n) is 7.51. The molecular weight excluding hydrogens is 364 g/mol. The monoisotopic (exact) mass is 382 g/mol. The molecule has 2 atom stereocenters. The van der Waals surface area contributed by atoms with E-state index in [1.165, 1.54) is 0 Å². The number of carboxylic acids is 1. The molecule has 1 aromatic carbocycles. The first-order chi connectivity index (χ1) is 11.0. The number of carbonyl (C=O) groups excluding carboxylic acids is 2. The van der Waals surface area contributed by atoms with Gasteiger partial charge in [-0.3, -0.25) is 14.4 Å². The van der Waals surface area contributed by atoms with Gasteiger partial charge < -0.3 is 15.7 Å². The zero-order valence-electron chi connectivity index (χ0n) is 12.5. The summed E-state index contributed by atoms with van der Waals surface area (Å²) in [7, 11) is 0. The van der Waals surface area contributed by atoms with Gasteiger partial charge in [-0.15, -0.1) is 0 Å². The Morgan fingerprint density at radius 2 is 1.78 bits per heavy atom. The SMILES string of the molecule is O=C(CCNC(=O)[C@H]1CC[C@@H](C(=O)O)C1)Nc1ccc(Br)cc1. The van der Waals surface area contributed by atoms with Crippen LogP contribution in [0.3, 0.4) is 0 Å². The number of anilines is 1. The van der Waals surface area contributed by atoms with E-state index in [0.29, 0.717) is 24.9 Å². The summed E-state index contributed by atoms with van der Waals surface area (Å²) in [5.41, 5.74) is 0.699.